The van der Waals surface area contributed by atoms with Crippen molar-refractivity contribution < 1.29 is 17.2 Å². The van der Waals surface area contributed by atoms with Gasteiger partial charge in [-0.3, -0.25) is 4.72 Å². The molecule has 2 heterocycles. The molecule has 184 valence electrons. The number of halogens is 2. The fourth-order valence-corrected chi connectivity index (χ4v) is 5.80. The fourth-order valence-electron chi connectivity index (χ4n) is 4.55. The number of aromatic nitrogens is 1. The number of piperidine rings is 1. The van der Waals surface area contributed by atoms with Crippen LogP contribution in [0.2, 0.25) is 0 Å². The molecule has 3 aromatic rings. The predicted molar refractivity (Wildman–Crippen MR) is 131 cm³/mol. The van der Waals surface area contributed by atoms with Gasteiger partial charge in [0.05, 0.1) is 28.4 Å². The van der Waals surface area contributed by atoms with E-state index >= 15 is 0 Å². The van der Waals surface area contributed by atoms with Crippen molar-refractivity contribution in [2.75, 3.05) is 22.7 Å². The molecule has 1 N–H and O–H groups in total. The third-order valence-electron chi connectivity index (χ3n) is 6.60. The van der Waals surface area contributed by atoms with Crippen molar-refractivity contribution >= 4 is 21.5 Å². The predicted octanol–water partition coefficient (Wildman–Crippen LogP) is 4.71. The van der Waals surface area contributed by atoms with E-state index in [9.17, 15) is 27.7 Å². The molecule has 0 amide bonds. The Hall–Kier alpha value is -4.02. The second-order valence-electron chi connectivity index (χ2n) is 8.73. The molecule has 10 heteroatoms. The highest BCUT2D eigenvalue weighted by molar-refractivity contribution is 7.92. The van der Waals surface area contributed by atoms with Gasteiger partial charge in [-0.25, -0.2) is 22.2 Å². The number of nitrogens with zero attached hydrogens (tertiary/aromatic N) is 4. The van der Waals surface area contributed by atoms with Gasteiger partial charge in [-0.15, -0.1) is 0 Å². The second kappa shape index (κ2) is 9.56. The highest BCUT2D eigenvalue weighted by Crippen LogP contribution is 2.38. The van der Waals surface area contributed by atoms with Gasteiger partial charge < -0.3 is 4.90 Å². The number of benzene rings is 2. The number of anilines is 2. The summed E-state index contributed by atoms with van der Waals surface area (Å²) in [5.74, 6) is -1.72. The van der Waals surface area contributed by atoms with Crippen molar-refractivity contribution in [2.24, 2.45) is 0 Å². The largest absolute Gasteiger partial charge is 0.355 e. The van der Waals surface area contributed by atoms with Crippen molar-refractivity contribution in [1.29, 1.82) is 10.5 Å². The van der Waals surface area contributed by atoms with Crippen LogP contribution in [0.5, 0.6) is 0 Å². The van der Waals surface area contributed by atoms with E-state index in [1.165, 1.54) is 0 Å². The highest BCUT2D eigenvalue weighted by atomic mass is 32.2. The first kappa shape index (κ1) is 25.1. The van der Waals surface area contributed by atoms with Crippen LogP contribution in [0, 0.1) is 48.1 Å². The van der Waals surface area contributed by atoms with Crippen LogP contribution in [0.3, 0.4) is 0 Å². The third kappa shape index (κ3) is 4.48. The van der Waals surface area contributed by atoms with E-state index in [0.717, 1.165) is 17.7 Å². The smallest absolute Gasteiger partial charge is 0.264 e. The summed E-state index contributed by atoms with van der Waals surface area (Å²) < 4.78 is 55.4. The van der Waals surface area contributed by atoms with E-state index in [4.69, 9.17) is 0 Å². The molecule has 4 rings (SSSR count). The van der Waals surface area contributed by atoms with Crippen LogP contribution in [0.4, 0.5) is 20.3 Å². The lowest BCUT2D eigenvalue weighted by Crippen LogP contribution is -2.42. The van der Waals surface area contributed by atoms with Crippen molar-refractivity contribution in [3.63, 3.8) is 0 Å². The molecule has 1 aliphatic rings. The molecule has 0 radical (unpaired) electrons. The van der Waals surface area contributed by atoms with Gasteiger partial charge in [-0.1, -0.05) is 30.3 Å². The zero-order chi connectivity index (χ0) is 26.1. The SMILES string of the molecule is Cc1nc(N2CCC(C#N)(c3ccccc3)CC2)c(C#N)c(C)c1NS(=O)(=O)c1ccc(F)cc1F. The first-order chi connectivity index (χ1) is 17.1. The monoisotopic (exact) mass is 507 g/mol. The molecule has 1 aliphatic heterocycles. The minimum atomic E-state index is -4.41. The zero-order valence-corrected chi connectivity index (χ0v) is 20.5. The molecule has 0 atom stereocenters. The highest BCUT2D eigenvalue weighted by Gasteiger charge is 2.37. The van der Waals surface area contributed by atoms with Gasteiger partial charge >= 0.3 is 0 Å². The van der Waals surface area contributed by atoms with Gasteiger partial charge in [0, 0.05) is 19.2 Å². The van der Waals surface area contributed by atoms with Crippen molar-refractivity contribution in [3.8, 4) is 12.1 Å². The number of sulfonamides is 1. The van der Waals surface area contributed by atoms with Crippen LogP contribution >= 0.6 is 0 Å². The quantitative estimate of drug-likeness (QED) is 0.536. The third-order valence-corrected chi connectivity index (χ3v) is 7.98. The number of rotatable bonds is 5. The van der Waals surface area contributed by atoms with Crippen LogP contribution in [0.1, 0.15) is 35.2 Å². The Bertz CT molecular complexity index is 1500. The number of hydrogen-bond acceptors (Lipinski definition) is 6. The first-order valence-electron chi connectivity index (χ1n) is 11.2. The lowest BCUT2D eigenvalue weighted by molar-refractivity contribution is 0.414. The van der Waals surface area contributed by atoms with Crippen molar-refractivity contribution in [1.82, 2.24) is 4.98 Å². The van der Waals surface area contributed by atoms with Gasteiger partial charge in [-0.2, -0.15) is 10.5 Å². The molecule has 1 aromatic heterocycles. The minimum absolute atomic E-state index is 0.0618. The molecule has 36 heavy (non-hydrogen) atoms. The van der Waals surface area contributed by atoms with E-state index < -0.39 is 32.0 Å². The van der Waals surface area contributed by atoms with E-state index in [-0.39, 0.29) is 11.3 Å². The van der Waals surface area contributed by atoms with E-state index in [2.05, 4.69) is 21.8 Å². The molecule has 0 aliphatic carbocycles. The van der Waals surface area contributed by atoms with E-state index in [1.54, 1.807) is 13.8 Å². The number of pyridine rings is 1. The number of nitriles is 2. The molecule has 7 nitrogen and oxygen atoms in total. The Balaban J connectivity index is 1.65. The maximum absolute atomic E-state index is 14.2. The van der Waals surface area contributed by atoms with Crippen molar-refractivity contribution in [3.05, 3.63) is 82.5 Å². The van der Waals surface area contributed by atoms with Gasteiger partial charge in [0.1, 0.15) is 28.4 Å². The summed E-state index contributed by atoms with van der Waals surface area (Å²) in [6, 6.07) is 16.4. The first-order valence-corrected chi connectivity index (χ1v) is 12.7. The van der Waals surface area contributed by atoms with Crippen LogP contribution in [0.15, 0.2) is 53.4 Å². The Labute approximate surface area is 208 Å². The lowest BCUT2D eigenvalue weighted by Gasteiger charge is -2.38. The standard InChI is InChI=1S/C26H23F2N5O2S/c1-17-21(15-29)25(33-12-10-26(16-30,11-13-33)19-6-4-3-5-7-19)31-18(2)24(17)32-36(34,35)23-9-8-20(27)14-22(23)28/h3-9,14,32H,10-13H2,1-2H3. The minimum Gasteiger partial charge on any atom is -0.355 e. The van der Waals surface area contributed by atoms with E-state index in [1.807, 2.05) is 35.2 Å². The maximum Gasteiger partial charge on any atom is 0.264 e. The summed E-state index contributed by atoms with van der Waals surface area (Å²) in [6.45, 7) is 4.14. The maximum atomic E-state index is 14.2. The van der Waals surface area contributed by atoms with Gasteiger partial charge in [0.25, 0.3) is 10.0 Å². The van der Waals surface area contributed by atoms with Gasteiger partial charge in [0.2, 0.25) is 0 Å². The fraction of sp³-hybridized carbons (Fsp3) is 0.269. The Kier molecular flexibility index (Phi) is 6.66. The Morgan fingerprint density at radius 1 is 1.06 bits per heavy atom. The topological polar surface area (TPSA) is 110 Å². The van der Waals surface area contributed by atoms with Gasteiger partial charge in [-0.05, 0) is 49.9 Å². The average Bonchev–Trinajstić information content (AvgIpc) is 2.86. The molecular weight excluding hydrogens is 484 g/mol. The van der Waals surface area contributed by atoms with E-state index in [0.29, 0.717) is 49.1 Å². The van der Waals surface area contributed by atoms with Gasteiger partial charge in [0.15, 0.2) is 0 Å². The molecule has 1 saturated heterocycles. The number of aryl methyl sites for hydroxylation is 1. The Morgan fingerprint density at radius 3 is 2.31 bits per heavy atom. The molecule has 0 saturated carbocycles. The summed E-state index contributed by atoms with van der Waals surface area (Å²) in [5, 5.41) is 19.9. The molecule has 0 spiro atoms. The molecule has 2 aromatic carbocycles. The Morgan fingerprint density at radius 2 is 1.72 bits per heavy atom. The summed E-state index contributed by atoms with van der Waals surface area (Å²) in [7, 11) is -4.41. The van der Waals surface area contributed by atoms with Crippen LogP contribution < -0.4 is 9.62 Å². The summed E-state index contributed by atoms with van der Waals surface area (Å²) in [4.78, 5) is 5.74. The van der Waals surface area contributed by atoms with Crippen LogP contribution in [-0.4, -0.2) is 26.5 Å². The van der Waals surface area contributed by atoms with Crippen LogP contribution in [-0.2, 0) is 15.4 Å². The zero-order valence-electron chi connectivity index (χ0n) is 19.7. The molecule has 0 bridgehead atoms. The molecule has 1 fully saturated rings. The van der Waals surface area contributed by atoms with Crippen molar-refractivity contribution in [2.45, 2.75) is 37.0 Å². The summed E-state index contributed by atoms with van der Waals surface area (Å²) in [5.41, 5.74) is 1.20. The molecule has 0 unspecified atom stereocenters. The molecular formula is C26H23F2N5O2S. The second-order valence-corrected chi connectivity index (χ2v) is 10.4. The normalized spacial score (nSPS) is 15.1. The number of hydrogen-bond donors (Lipinski definition) is 1. The summed E-state index contributed by atoms with van der Waals surface area (Å²) >= 11 is 0. The average molecular weight is 508 g/mol. The van der Waals surface area contributed by atoms with Crippen LogP contribution in [0.25, 0.3) is 0 Å². The lowest BCUT2D eigenvalue weighted by atomic mass is 9.74. The summed E-state index contributed by atoms with van der Waals surface area (Å²) in [6.07, 6.45) is 1.08. The number of nitrogens with one attached hydrogen (secondary N) is 1.